The molecule has 1 unspecified atom stereocenters. The Labute approximate surface area is 102 Å². The lowest BCUT2D eigenvalue weighted by molar-refractivity contribution is -0.139. The fraction of sp³-hybridized carbons (Fsp3) is 0.818. The smallest absolute Gasteiger partial charge is 0.407 e. The molecule has 0 saturated heterocycles. The molecule has 0 aromatic heterocycles. The minimum absolute atomic E-state index is 0.103. The van der Waals surface area contributed by atoms with Gasteiger partial charge in [-0.05, 0) is 26.7 Å². The van der Waals surface area contributed by atoms with E-state index in [0.717, 1.165) is 0 Å². The van der Waals surface area contributed by atoms with Crippen molar-refractivity contribution in [3.8, 4) is 0 Å². The van der Waals surface area contributed by atoms with Gasteiger partial charge in [-0.3, -0.25) is 4.79 Å². The number of nitrogens with two attached hydrogens (primary N) is 1. The van der Waals surface area contributed by atoms with Gasteiger partial charge < -0.3 is 20.9 Å². The van der Waals surface area contributed by atoms with Crippen LogP contribution >= 0.6 is 0 Å². The number of amides is 1. The molecule has 0 radical (unpaired) electrons. The Kier molecular flexibility index (Phi) is 5.41. The number of carboxylic acid groups (broad SMARTS) is 1. The predicted octanol–water partition coefficient (Wildman–Crippen LogP) is 0.948. The van der Waals surface area contributed by atoms with Gasteiger partial charge in [0.1, 0.15) is 11.6 Å². The lowest BCUT2D eigenvalue weighted by Crippen LogP contribution is -2.55. The van der Waals surface area contributed by atoms with E-state index in [2.05, 4.69) is 5.32 Å². The first-order valence-electron chi connectivity index (χ1n) is 5.52. The molecule has 6 nitrogen and oxygen atoms in total. The van der Waals surface area contributed by atoms with Crippen LogP contribution in [0.4, 0.5) is 4.79 Å². The van der Waals surface area contributed by atoms with Gasteiger partial charge in [0.15, 0.2) is 0 Å². The van der Waals surface area contributed by atoms with Crippen molar-refractivity contribution < 1.29 is 19.4 Å². The summed E-state index contributed by atoms with van der Waals surface area (Å²) in [7, 11) is 0. The molecule has 0 aliphatic rings. The Morgan fingerprint density at radius 2 is 1.76 bits per heavy atom. The summed E-state index contributed by atoms with van der Waals surface area (Å²) in [5.41, 5.74) is 4.88. The summed E-state index contributed by atoms with van der Waals surface area (Å²) in [6, 6.07) is -1.81. The number of carbonyl (C=O) groups is 2. The number of rotatable bonds is 4. The van der Waals surface area contributed by atoms with Gasteiger partial charge in [0.2, 0.25) is 0 Å². The summed E-state index contributed by atoms with van der Waals surface area (Å²) in [5, 5.41) is 11.3. The van der Waals surface area contributed by atoms with Crippen LogP contribution in [0.1, 0.15) is 34.6 Å². The molecular weight excluding hydrogens is 224 g/mol. The van der Waals surface area contributed by atoms with Gasteiger partial charge in [-0.25, -0.2) is 4.79 Å². The topological polar surface area (TPSA) is 102 Å². The summed E-state index contributed by atoms with van der Waals surface area (Å²) in [6.07, 6.45) is -0.659. The SMILES string of the molecule is CC(C)C(NC(=O)OC(C)(C)C)[C@H](N)C(=O)O. The second kappa shape index (κ2) is 5.86. The summed E-state index contributed by atoms with van der Waals surface area (Å²) in [6.45, 7) is 8.76. The summed E-state index contributed by atoms with van der Waals surface area (Å²) in [4.78, 5) is 22.3. The fourth-order valence-electron chi connectivity index (χ4n) is 1.27. The average Bonchev–Trinajstić information content (AvgIpc) is 2.09. The summed E-state index contributed by atoms with van der Waals surface area (Å²) < 4.78 is 5.05. The monoisotopic (exact) mass is 246 g/mol. The highest BCUT2D eigenvalue weighted by Gasteiger charge is 2.30. The molecule has 0 heterocycles. The Morgan fingerprint density at radius 3 is 2.06 bits per heavy atom. The Hall–Kier alpha value is -1.30. The zero-order valence-electron chi connectivity index (χ0n) is 11.0. The van der Waals surface area contributed by atoms with Crippen molar-refractivity contribution in [2.45, 2.75) is 52.3 Å². The Bertz CT molecular complexity index is 284. The van der Waals surface area contributed by atoms with Crippen LogP contribution in [-0.4, -0.2) is 34.9 Å². The number of nitrogens with one attached hydrogen (secondary N) is 1. The van der Waals surface area contributed by atoms with E-state index in [4.69, 9.17) is 15.6 Å². The first-order valence-corrected chi connectivity index (χ1v) is 5.52. The van der Waals surface area contributed by atoms with Crippen LogP contribution in [0.25, 0.3) is 0 Å². The van der Waals surface area contributed by atoms with E-state index in [1.54, 1.807) is 34.6 Å². The van der Waals surface area contributed by atoms with Gasteiger partial charge in [-0.2, -0.15) is 0 Å². The van der Waals surface area contributed by atoms with E-state index in [1.165, 1.54) is 0 Å². The quantitative estimate of drug-likeness (QED) is 0.685. The molecule has 0 aromatic carbocycles. The minimum Gasteiger partial charge on any atom is -0.480 e. The number of carbonyl (C=O) groups excluding carboxylic acids is 1. The second-order valence-electron chi connectivity index (χ2n) is 5.28. The number of hydrogen-bond acceptors (Lipinski definition) is 4. The van der Waals surface area contributed by atoms with E-state index in [9.17, 15) is 9.59 Å². The van der Waals surface area contributed by atoms with E-state index in [-0.39, 0.29) is 5.92 Å². The maximum absolute atomic E-state index is 11.5. The molecule has 17 heavy (non-hydrogen) atoms. The second-order valence-corrected chi connectivity index (χ2v) is 5.28. The number of hydrogen-bond donors (Lipinski definition) is 3. The average molecular weight is 246 g/mol. The molecule has 1 amide bonds. The van der Waals surface area contributed by atoms with Crippen molar-refractivity contribution in [1.82, 2.24) is 5.32 Å². The molecule has 0 rings (SSSR count). The van der Waals surface area contributed by atoms with Crippen molar-refractivity contribution in [2.24, 2.45) is 11.7 Å². The van der Waals surface area contributed by atoms with Crippen molar-refractivity contribution in [3.63, 3.8) is 0 Å². The van der Waals surface area contributed by atoms with Gasteiger partial charge in [-0.15, -0.1) is 0 Å². The van der Waals surface area contributed by atoms with Crippen LogP contribution in [-0.2, 0) is 9.53 Å². The largest absolute Gasteiger partial charge is 0.480 e. The number of ether oxygens (including phenoxy) is 1. The Morgan fingerprint density at radius 1 is 1.29 bits per heavy atom. The zero-order valence-corrected chi connectivity index (χ0v) is 11.0. The highest BCUT2D eigenvalue weighted by atomic mass is 16.6. The van der Waals surface area contributed by atoms with E-state index in [0.29, 0.717) is 0 Å². The van der Waals surface area contributed by atoms with Crippen LogP contribution in [0.15, 0.2) is 0 Å². The Balaban J connectivity index is 4.57. The third kappa shape index (κ3) is 6.11. The van der Waals surface area contributed by atoms with Crippen molar-refractivity contribution >= 4 is 12.1 Å². The van der Waals surface area contributed by atoms with Crippen LogP contribution in [0.3, 0.4) is 0 Å². The maximum Gasteiger partial charge on any atom is 0.407 e. The van der Waals surface area contributed by atoms with Crippen molar-refractivity contribution in [2.75, 3.05) is 0 Å². The fourth-order valence-corrected chi connectivity index (χ4v) is 1.27. The molecule has 0 fully saturated rings. The van der Waals surface area contributed by atoms with Crippen LogP contribution in [0.2, 0.25) is 0 Å². The van der Waals surface area contributed by atoms with Gasteiger partial charge in [0, 0.05) is 0 Å². The maximum atomic E-state index is 11.5. The van der Waals surface area contributed by atoms with E-state index >= 15 is 0 Å². The zero-order chi connectivity index (χ0) is 13.8. The first-order chi connectivity index (χ1) is 7.54. The minimum atomic E-state index is -1.15. The van der Waals surface area contributed by atoms with Gasteiger partial charge in [-0.1, -0.05) is 13.8 Å². The third-order valence-electron chi connectivity index (χ3n) is 2.07. The van der Waals surface area contributed by atoms with Gasteiger partial charge in [0.25, 0.3) is 0 Å². The standard InChI is InChI=1S/C11H22N2O4/c1-6(2)8(7(12)9(14)15)13-10(16)17-11(3,4)5/h6-8H,12H2,1-5H3,(H,13,16)(H,14,15)/t7-,8?/m0/s1. The highest BCUT2D eigenvalue weighted by Crippen LogP contribution is 2.10. The van der Waals surface area contributed by atoms with E-state index < -0.39 is 29.7 Å². The molecule has 0 aliphatic heterocycles. The van der Waals surface area contributed by atoms with Gasteiger partial charge in [0.05, 0.1) is 6.04 Å². The molecule has 6 heteroatoms. The summed E-state index contributed by atoms with van der Waals surface area (Å²) in [5.74, 6) is -1.26. The van der Waals surface area contributed by atoms with E-state index in [1.807, 2.05) is 0 Å². The molecule has 0 bridgehead atoms. The van der Waals surface area contributed by atoms with Crippen LogP contribution in [0, 0.1) is 5.92 Å². The van der Waals surface area contributed by atoms with Crippen LogP contribution in [0.5, 0.6) is 0 Å². The molecule has 4 N–H and O–H groups in total. The van der Waals surface area contributed by atoms with Gasteiger partial charge >= 0.3 is 12.1 Å². The highest BCUT2D eigenvalue weighted by molar-refractivity contribution is 5.76. The first kappa shape index (κ1) is 15.7. The molecule has 0 aliphatic carbocycles. The lowest BCUT2D eigenvalue weighted by atomic mass is 9.97. The third-order valence-corrected chi connectivity index (χ3v) is 2.07. The molecule has 2 atom stereocenters. The molecular formula is C11H22N2O4. The summed E-state index contributed by atoms with van der Waals surface area (Å²) >= 11 is 0. The van der Waals surface area contributed by atoms with Crippen molar-refractivity contribution in [1.29, 1.82) is 0 Å². The molecule has 100 valence electrons. The number of carboxylic acids is 1. The van der Waals surface area contributed by atoms with Crippen molar-refractivity contribution in [3.05, 3.63) is 0 Å². The number of alkyl carbamates (subject to hydrolysis) is 1. The predicted molar refractivity (Wildman–Crippen MR) is 63.6 cm³/mol. The normalized spacial score (nSPS) is 15.2. The lowest BCUT2D eigenvalue weighted by Gasteiger charge is -2.27. The molecule has 0 saturated carbocycles. The number of aliphatic carboxylic acids is 1. The molecule has 0 aromatic rings. The van der Waals surface area contributed by atoms with Crippen LogP contribution < -0.4 is 11.1 Å². The molecule has 0 spiro atoms.